The summed E-state index contributed by atoms with van der Waals surface area (Å²) < 4.78 is 9.68. The Morgan fingerprint density at radius 3 is 1.93 bits per heavy atom. The second-order valence-corrected chi connectivity index (χ2v) is 16.5. The molecule has 6 rings (SSSR count). The van der Waals surface area contributed by atoms with E-state index < -0.39 is 18.1 Å². The molecule has 3 aliphatic heterocycles. The van der Waals surface area contributed by atoms with E-state index in [1.807, 2.05) is 49.9 Å². The Hall–Kier alpha value is -5.26. The lowest BCUT2D eigenvalue weighted by Crippen LogP contribution is -2.51. The molecule has 0 saturated carbocycles. The van der Waals surface area contributed by atoms with E-state index >= 15 is 0 Å². The van der Waals surface area contributed by atoms with Crippen molar-refractivity contribution >= 4 is 35.2 Å². The quantitative estimate of drug-likeness (QED) is 0.184. The topological polar surface area (TPSA) is 146 Å². The molecule has 2 aromatic carbocycles. The van der Waals surface area contributed by atoms with Crippen LogP contribution in [0.4, 0.5) is 4.79 Å². The van der Waals surface area contributed by atoms with Crippen molar-refractivity contribution in [1.29, 1.82) is 0 Å². The number of methoxy groups -OCH3 is 2. The first-order valence-electron chi connectivity index (χ1n) is 19.8. The largest absolute Gasteiger partial charge is 0.469 e. The van der Waals surface area contributed by atoms with Gasteiger partial charge >= 0.3 is 12.1 Å². The molecule has 0 radical (unpaired) electrons. The molecule has 1 unspecified atom stereocenters. The number of nitrogens with one attached hydrogen (secondary N) is 2. The molecule has 6 atom stereocenters. The monoisotopic (exact) mass is 764 g/mol. The fourth-order valence-electron chi connectivity index (χ4n) is 8.32. The summed E-state index contributed by atoms with van der Waals surface area (Å²) in [7, 11) is 2.66. The molecule has 3 amide bonds. The van der Waals surface area contributed by atoms with Gasteiger partial charge in [-0.1, -0.05) is 90.1 Å². The van der Waals surface area contributed by atoms with Gasteiger partial charge in [0.2, 0.25) is 11.8 Å². The van der Waals surface area contributed by atoms with E-state index in [2.05, 4.69) is 72.7 Å². The molecule has 298 valence electrons. The Labute approximate surface area is 330 Å². The van der Waals surface area contributed by atoms with Crippen LogP contribution < -0.4 is 5.32 Å². The van der Waals surface area contributed by atoms with E-state index in [4.69, 9.17) is 19.5 Å². The Kier molecular flexibility index (Phi) is 12.5. The summed E-state index contributed by atoms with van der Waals surface area (Å²) >= 11 is 0. The highest BCUT2D eigenvalue weighted by molar-refractivity contribution is 6.03. The summed E-state index contributed by atoms with van der Waals surface area (Å²) in [4.78, 5) is 68.4. The molecule has 56 heavy (non-hydrogen) atoms. The molecular formula is C44H56N6O6. The van der Waals surface area contributed by atoms with Crippen LogP contribution in [0.15, 0.2) is 65.9 Å². The molecule has 1 aromatic heterocycles. The van der Waals surface area contributed by atoms with Crippen molar-refractivity contribution in [2.24, 2.45) is 34.6 Å². The summed E-state index contributed by atoms with van der Waals surface area (Å²) in [6, 6.07) is 15.8. The maximum absolute atomic E-state index is 13.8. The number of hydrogen-bond donors (Lipinski definition) is 2. The number of H-pyrrole nitrogens is 1. The lowest BCUT2D eigenvalue weighted by Gasteiger charge is -2.30. The van der Waals surface area contributed by atoms with E-state index in [1.165, 1.54) is 14.2 Å². The minimum absolute atomic E-state index is 0.00690. The van der Waals surface area contributed by atoms with E-state index in [0.29, 0.717) is 25.4 Å². The number of aromatic nitrogens is 2. The number of allylic oxidation sites excluding steroid dienone is 1. The molecule has 2 fully saturated rings. The zero-order chi connectivity index (χ0) is 40.3. The van der Waals surface area contributed by atoms with Crippen LogP contribution in [-0.4, -0.2) is 88.7 Å². The van der Waals surface area contributed by atoms with Gasteiger partial charge in [-0.15, -0.1) is 0 Å². The fraction of sp³-hybridized carbons (Fsp3) is 0.500. The van der Waals surface area contributed by atoms with Crippen LogP contribution in [0.1, 0.15) is 84.7 Å². The second kappa shape index (κ2) is 17.3. The minimum Gasteiger partial charge on any atom is -0.469 e. The van der Waals surface area contributed by atoms with E-state index in [9.17, 15) is 19.2 Å². The maximum Gasteiger partial charge on any atom is 0.407 e. The summed E-state index contributed by atoms with van der Waals surface area (Å²) in [5.74, 6) is 0.355. The number of benzene rings is 2. The van der Waals surface area contributed by atoms with Crippen molar-refractivity contribution in [1.82, 2.24) is 25.1 Å². The SMILES string of the molecule is COC(=O)CC(C(=O)N1C[C@@H](C)C[C@H]1C1=NC=C(c2ccc(-c3ccc(-c4cnc([C@@H]5C[C@H](C)CN5C(=O)[C@@H](NC(=O)OC)C(C)C)[nH]4)cc3)cc2)C1)C(C)C. The predicted molar refractivity (Wildman–Crippen MR) is 216 cm³/mol. The first-order chi connectivity index (χ1) is 26.8. The minimum atomic E-state index is -0.694. The van der Waals surface area contributed by atoms with Gasteiger partial charge in [-0.3, -0.25) is 19.4 Å². The molecule has 0 bridgehead atoms. The first-order valence-corrected chi connectivity index (χ1v) is 19.8. The van der Waals surface area contributed by atoms with Crippen LogP contribution >= 0.6 is 0 Å². The van der Waals surface area contributed by atoms with Crippen molar-refractivity contribution in [2.45, 2.75) is 85.4 Å². The first kappa shape index (κ1) is 40.4. The van der Waals surface area contributed by atoms with Crippen LogP contribution in [0.3, 0.4) is 0 Å². The molecular weight excluding hydrogens is 709 g/mol. The van der Waals surface area contributed by atoms with Crippen molar-refractivity contribution < 1.29 is 28.7 Å². The van der Waals surface area contributed by atoms with Gasteiger partial charge in [0, 0.05) is 31.4 Å². The number of carbonyl (C=O) groups is 4. The lowest BCUT2D eigenvalue weighted by molar-refractivity contribution is -0.148. The number of likely N-dealkylation sites (tertiary alicyclic amines) is 2. The number of alkyl carbamates (subject to hydrolysis) is 1. The van der Waals surface area contributed by atoms with E-state index in [-0.39, 0.29) is 54.0 Å². The number of nitrogens with zero attached hydrogens (tertiary/aromatic N) is 4. The molecule has 2 N–H and O–H groups in total. The second-order valence-electron chi connectivity index (χ2n) is 16.5. The van der Waals surface area contributed by atoms with Crippen LogP contribution in [-0.2, 0) is 23.9 Å². The van der Waals surface area contributed by atoms with Crippen LogP contribution in [0.5, 0.6) is 0 Å². The lowest BCUT2D eigenvalue weighted by atomic mass is 9.90. The van der Waals surface area contributed by atoms with E-state index in [0.717, 1.165) is 57.9 Å². The third-order valence-electron chi connectivity index (χ3n) is 11.6. The number of aliphatic imine (C=N–C) groups is 1. The van der Waals surface area contributed by atoms with Gasteiger partial charge in [0.15, 0.2) is 0 Å². The average Bonchev–Trinajstić information content (AvgIpc) is 4.02. The summed E-state index contributed by atoms with van der Waals surface area (Å²) in [6.45, 7) is 13.3. The van der Waals surface area contributed by atoms with Gasteiger partial charge < -0.3 is 29.6 Å². The predicted octanol–water partition coefficient (Wildman–Crippen LogP) is 7.29. The van der Waals surface area contributed by atoms with Crippen molar-refractivity contribution in [2.75, 3.05) is 27.3 Å². The molecule has 0 spiro atoms. The number of esters is 1. The smallest absolute Gasteiger partial charge is 0.407 e. The van der Waals surface area contributed by atoms with Crippen LogP contribution in [0, 0.1) is 29.6 Å². The normalized spacial score (nSPS) is 21.9. The Bertz CT molecular complexity index is 1970. The number of ether oxygens (including phenoxy) is 2. The third kappa shape index (κ3) is 8.74. The van der Waals surface area contributed by atoms with Gasteiger partial charge in [-0.2, -0.15) is 0 Å². The summed E-state index contributed by atoms with van der Waals surface area (Å²) in [5, 5.41) is 2.71. The highest BCUT2D eigenvalue weighted by Gasteiger charge is 2.42. The molecule has 2 saturated heterocycles. The number of amides is 3. The fourth-order valence-corrected chi connectivity index (χ4v) is 8.32. The zero-order valence-electron chi connectivity index (χ0n) is 33.9. The maximum atomic E-state index is 13.8. The molecule has 12 nitrogen and oxygen atoms in total. The van der Waals surface area contributed by atoms with Crippen molar-refractivity contribution in [3.05, 3.63) is 72.3 Å². The molecule has 3 aliphatic rings. The Balaban J connectivity index is 1.09. The Morgan fingerprint density at radius 1 is 0.786 bits per heavy atom. The Morgan fingerprint density at radius 2 is 1.36 bits per heavy atom. The molecule has 12 heteroatoms. The average molecular weight is 765 g/mol. The number of imidazole rings is 1. The highest BCUT2D eigenvalue weighted by Crippen LogP contribution is 2.37. The molecule has 3 aromatic rings. The van der Waals surface area contributed by atoms with Gasteiger partial charge in [0.1, 0.15) is 11.9 Å². The van der Waals surface area contributed by atoms with Crippen LogP contribution in [0.2, 0.25) is 0 Å². The number of aromatic amines is 1. The van der Waals surface area contributed by atoms with Crippen molar-refractivity contribution in [3.8, 4) is 22.4 Å². The van der Waals surface area contributed by atoms with Crippen molar-refractivity contribution in [3.63, 3.8) is 0 Å². The van der Waals surface area contributed by atoms with Crippen LogP contribution in [0.25, 0.3) is 28.0 Å². The van der Waals surface area contributed by atoms with Gasteiger partial charge in [-0.25, -0.2) is 9.78 Å². The summed E-state index contributed by atoms with van der Waals surface area (Å²) in [5.41, 5.74) is 7.24. The van der Waals surface area contributed by atoms with Gasteiger partial charge in [0.25, 0.3) is 0 Å². The molecule has 0 aliphatic carbocycles. The van der Waals surface area contributed by atoms with Gasteiger partial charge in [0.05, 0.1) is 50.5 Å². The summed E-state index contributed by atoms with van der Waals surface area (Å²) in [6.07, 6.45) is 5.52. The number of hydrogen-bond acceptors (Lipinski definition) is 8. The highest BCUT2D eigenvalue weighted by atomic mass is 16.5. The third-order valence-corrected chi connectivity index (χ3v) is 11.6. The van der Waals surface area contributed by atoms with E-state index in [1.54, 1.807) is 0 Å². The number of rotatable bonds is 12. The standard InChI is InChI=1S/C44H56N6O6/c1-25(2)34(20-39(51)55-7)42(52)49-23-27(5)17-37(49)35-19-33(21-45-35)31-11-9-29(10-12-31)30-13-15-32(16-14-30)36-22-46-41(47-36)38-18-28(6)24-50(38)43(53)40(26(3)4)48-44(54)56-8/h9-16,21-22,25-28,34,37-38,40H,17-20,23-24H2,1-8H3,(H,46,47)(H,48,54)/t27-,28-,34?,37-,38-,40-/m0/s1. The zero-order valence-corrected chi connectivity index (χ0v) is 33.9. The number of carbonyl (C=O) groups excluding carboxylic acids is 4. The van der Waals surface area contributed by atoms with Gasteiger partial charge in [-0.05, 0) is 64.3 Å². The molecule has 4 heterocycles.